The average Bonchev–Trinajstić information content (AvgIpc) is 3.34. The summed E-state index contributed by atoms with van der Waals surface area (Å²) in [6.45, 7) is 2.38. The van der Waals surface area contributed by atoms with Gasteiger partial charge in [-0.15, -0.1) is 0 Å². The zero-order chi connectivity index (χ0) is 22.8. The average molecular weight is 453 g/mol. The van der Waals surface area contributed by atoms with Gasteiger partial charge in [0.05, 0.1) is 18.8 Å². The van der Waals surface area contributed by atoms with Crippen molar-refractivity contribution in [1.82, 2.24) is 19.6 Å². The van der Waals surface area contributed by atoms with Gasteiger partial charge >= 0.3 is 0 Å². The highest BCUT2D eigenvalue weighted by Gasteiger charge is 2.21. The summed E-state index contributed by atoms with van der Waals surface area (Å²) in [4.78, 5) is 21.0. The first-order valence-electron chi connectivity index (χ1n) is 10.2. The van der Waals surface area contributed by atoms with Gasteiger partial charge in [-0.25, -0.2) is 9.37 Å². The van der Waals surface area contributed by atoms with Crippen molar-refractivity contribution in [2.45, 2.75) is 13.0 Å². The fraction of sp³-hybridized carbons (Fsp3) is 0.250. The number of rotatable bonds is 7. The van der Waals surface area contributed by atoms with Crippen LogP contribution in [0.5, 0.6) is 5.75 Å². The van der Waals surface area contributed by atoms with Crippen molar-refractivity contribution in [3.05, 3.63) is 76.7 Å². The zero-order valence-electron chi connectivity index (χ0n) is 18.4. The third kappa shape index (κ3) is 4.37. The molecule has 0 aliphatic carbocycles. The second-order valence-electron chi connectivity index (χ2n) is 7.76. The number of methoxy groups -OCH3 is 1. The molecule has 1 N–H and O–H groups in total. The molecule has 4 aromatic rings. The maximum absolute atomic E-state index is 13.2. The Bertz CT molecular complexity index is 1230. The number of nitrogens with one attached hydrogen (secondary N) is 1. The van der Waals surface area contributed by atoms with E-state index < -0.39 is 0 Å². The Kier molecular flexibility index (Phi) is 6.25. The van der Waals surface area contributed by atoms with Crippen molar-refractivity contribution in [3.8, 4) is 17.0 Å². The standard InChI is InChI=1S/C24H25FN4O2S/c1-15-22(32-24-27-20(14-29(15)24)16-5-9-18(25)10-6-16)23(30)26-13-21(28(2)3)17-7-11-19(31-4)12-8-17/h5-12,14,21H,13H2,1-4H3,(H,26,30). The summed E-state index contributed by atoms with van der Waals surface area (Å²) >= 11 is 1.35. The van der Waals surface area contributed by atoms with Crippen LogP contribution in [0.3, 0.4) is 0 Å². The summed E-state index contributed by atoms with van der Waals surface area (Å²) < 4.78 is 20.3. The number of imidazole rings is 1. The van der Waals surface area contributed by atoms with Crippen LogP contribution in [-0.2, 0) is 0 Å². The molecule has 2 aromatic heterocycles. The van der Waals surface area contributed by atoms with Crippen LogP contribution in [0.15, 0.2) is 54.7 Å². The van der Waals surface area contributed by atoms with Crippen LogP contribution in [0.2, 0.25) is 0 Å². The molecule has 0 spiro atoms. The molecule has 1 amide bonds. The molecular formula is C24H25FN4O2S. The number of benzene rings is 2. The molecule has 6 nitrogen and oxygen atoms in total. The third-order valence-electron chi connectivity index (χ3n) is 5.48. The van der Waals surface area contributed by atoms with Crippen molar-refractivity contribution in [3.63, 3.8) is 0 Å². The second-order valence-corrected chi connectivity index (χ2v) is 8.74. The summed E-state index contributed by atoms with van der Waals surface area (Å²) in [7, 11) is 5.62. The lowest BCUT2D eigenvalue weighted by molar-refractivity contribution is 0.0945. The number of nitrogens with zero attached hydrogens (tertiary/aromatic N) is 3. The highest BCUT2D eigenvalue weighted by atomic mass is 32.1. The van der Waals surface area contributed by atoms with E-state index in [1.807, 2.05) is 55.9 Å². The molecule has 4 rings (SSSR count). The Morgan fingerprint density at radius 3 is 2.47 bits per heavy atom. The number of aromatic nitrogens is 2. The smallest absolute Gasteiger partial charge is 0.263 e. The molecule has 2 aromatic carbocycles. The van der Waals surface area contributed by atoms with Gasteiger partial charge in [0.15, 0.2) is 4.96 Å². The number of likely N-dealkylation sites (N-methyl/N-ethyl adjacent to an activating group) is 1. The summed E-state index contributed by atoms with van der Waals surface area (Å²) in [5, 5.41) is 3.07. The number of carbonyl (C=O) groups excluding carboxylic acids is 1. The summed E-state index contributed by atoms with van der Waals surface area (Å²) in [5.74, 6) is 0.394. The van der Waals surface area contributed by atoms with E-state index in [1.165, 1.54) is 23.5 Å². The summed E-state index contributed by atoms with van der Waals surface area (Å²) in [6, 6.07) is 14.1. The summed E-state index contributed by atoms with van der Waals surface area (Å²) in [6.07, 6.45) is 1.88. The number of thiazole rings is 1. The van der Waals surface area contributed by atoms with Crippen LogP contribution in [0.4, 0.5) is 4.39 Å². The predicted octanol–water partition coefficient (Wildman–Crippen LogP) is 4.55. The van der Waals surface area contributed by atoms with Crippen LogP contribution in [-0.4, -0.2) is 47.9 Å². The highest BCUT2D eigenvalue weighted by molar-refractivity contribution is 7.19. The Morgan fingerprint density at radius 2 is 1.88 bits per heavy atom. The monoisotopic (exact) mass is 452 g/mol. The molecular weight excluding hydrogens is 427 g/mol. The summed E-state index contributed by atoms with van der Waals surface area (Å²) in [5.41, 5.74) is 3.51. The first kappa shape index (κ1) is 22.0. The van der Waals surface area contributed by atoms with Gasteiger partial charge in [0.25, 0.3) is 5.91 Å². The lowest BCUT2D eigenvalue weighted by Crippen LogP contribution is -2.34. The van der Waals surface area contributed by atoms with Crippen molar-refractivity contribution in [1.29, 1.82) is 0 Å². The van der Waals surface area contributed by atoms with Gasteiger partial charge in [0.2, 0.25) is 0 Å². The largest absolute Gasteiger partial charge is 0.497 e. The Balaban J connectivity index is 1.50. The number of amides is 1. The number of halogens is 1. The molecule has 1 atom stereocenters. The lowest BCUT2D eigenvalue weighted by atomic mass is 10.1. The van der Waals surface area contributed by atoms with E-state index >= 15 is 0 Å². The van der Waals surface area contributed by atoms with Crippen LogP contribution >= 0.6 is 11.3 Å². The van der Waals surface area contributed by atoms with Crippen molar-refractivity contribution >= 4 is 22.2 Å². The first-order chi connectivity index (χ1) is 15.4. The molecule has 0 aliphatic heterocycles. The molecule has 0 aliphatic rings. The Morgan fingerprint density at radius 1 is 1.19 bits per heavy atom. The van der Waals surface area contributed by atoms with Gasteiger partial charge in [0.1, 0.15) is 16.4 Å². The predicted molar refractivity (Wildman–Crippen MR) is 125 cm³/mol. The minimum atomic E-state index is -0.282. The maximum Gasteiger partial charge on any atom is 0.263 e. The second kappa shape index (κ2) is 9.10. The number of fused-ring (bicyclic) bond motifs is 1. The van der Waals surface area contributed by atoms with E-state index in [-0.39, 0.29) is 17.8 Å². The zero-order valence-corrected chi connectivity index (χ0v) is 19.2. The molecule has 0 fully saturated rings. The first-order valence-corrected chi connectivity index (χ1v) is 11.0. The molecule has 0 bridgehead atoms. The fourth-order valence-electron chi connectivity index (χ4n) is 3.61. The third-order valence-corrected chi connectivity index (χ3v) is 6.64. The fourth-order valence-corrected chi connectivity index (χ4v) is 4.64. The SMILES string of the molecule is COc1ccc(C(CNC(=O)c2sc3nc(-c4ccc(F)cc4)cn3c2C)N(C)C)cc1. The Hall–Kier alpha value is -3.23. The molecule has 2 heterocycles. The van der Waals surface area contributed by atoms with E-state index in [4.69, 9.17) is 4.74 Å². The Labute approximate surface area is 190 Å². The van der Waals surface area contributed by atoms with Gasteiger partial charge in [0, 0.05) is 24.0 Å². The quantitative estimate of drug-likeness (QED) is 0.447. The number of ether oxygens (including phenoxy) is 1. The highest BCUT2D eigenvalue weighted by Crippen LogP contribution is 2.28. The lowest BCUT2D eigenvalue weighted by Gasteiger charge is -2.25. The van der Waals surface area contributed by atoms with E-state index in [0.717, 1.165) is 33.2 Å². The number of aryl methyl sites for hydroxylation is 1. The van der Waals surface area contributed by atoms with Gasteiger partial charge in [-0.3, -0.25) is 9.20 Å². The topological polar surface area (TPSA) is 58.9 Å². The number of hydrogen-bond donors (Lipinski definition) is 1. The normalized spacial score (nSPS) is 12.3. The molecule has 1 unspecified atom stereocenters. The van der Waals surface area contributed by atoms with Gasteiger partial charge in [-0.2, -0.15) is 0 Å². The number of carbonyl (C=O) groups is 1. The van der Waals surface area contributed by atoms with Crippen molar-refractivity contribution in [2.75, 3.05) is 27.7 Å². The van der Waals surface area contributed by atoms with Crippen LogP contribution < -0.4 is 10.1 Å². The molecule has 166 valence electrons. The molecule has 0 saturated heterocycles. The van der Waals surface area contributed by atoms with Gasteiger partial charge in [-0.1, -0.05) is 23.5 Å². The minimum Gasteiger partial charge on any atom is -0.497 e. The van der Waals surface area contributed by atoms with Crippen molar-refractivity contribution < 1.29 is 13.9 Å². The van der Waals surface area contributed by atoms with Crippen LogP contribution in [0.25, 0.3) is 16.2 Å². The van der Waals surface area contributed by atoms with Gasteiger partial charge < -0.3 is 15.0 Å². The maximum atomic E-state index is 13.2. The number of hydrogen-bond acceptors (Lipinski definition) is 5. The molecule has 0 radical (unpaired) electrons. The van der Waals surface area contributed by atoms with Gasteiger partial charge in [-0.05, 0) is 63.0 Å². The van der Waals surface area contributed by atoms with E-state index in [1.54, 1.807) is 19.2 Å². The van der Waals surface area contributed by atoms with Crippen molar-refractivity contribution in [2.24, 2.45) is 0 Å². The van der Waals surface area contributed by atoms with E-state index in [9.17, 15) is 9.18 Å². The van der Waals surface area contributed by atoms with Crippen LogP contribution in [0.1, 0.15) is 27.0 Å². The minimum absolute atomic E-state index is 0.0271. The van der Waals surface area contributed by atoms with E-state index in [0.29, 0.717) is 11.4 Å². The van der Waals surface area contributed by atoms with E-state index in [2.05, 4.69) is 15.2 Å². The molecule has 32 heavy (non-hydrogen) atoms. The molecule has 8 heteroatoms. The molecule has 0 saturated carbocycles. The van der Waals surface area contributed by atoms with Crippen LogP contribution in [0, 0.1) is 12.7 Å².